The average molecular weight is 212 g/mol. The van der Waals surface area contributed by atoms with E-state index in [9.17, 15) is 0 Å². The van der Waals surface area contributed by atoms with Crippen LogP contribution >= 0.6 is 0 Å². The lowest BCUT2D eigenvalue weighted by Crippen LogP contribution is -1.90. The van der Waals surface area contributed by atoms with Gasteiger partial charge in [0.1, 0.15) is 0 Å². The van der Waals surface area contributed by atoms with Crippen LogP contribution in [0.3, 0.4) is 0 Å². The molecule has 0 bridgehead atoms. The van der Waals surface area contributed by atoms with Crippen LogP contribution in [-0.4, -0.2) is 0 Å². The van der Waals surface area contributed by atoms with E-state index in [4.69, 9.17) is 0 Å². The molecular formula is C16H20. The van der Waals surface area contributed by atoms with Gasteiger partial charge in [-0.1, -0.05) is 47.6 Å². The molecule has 2 rings (SSSR count). The maximum Gasteiger partial charge on any atom is -0.0241 e. The third-order valence-corrected chi connectivity index (χ3v) is 3.29. The van der Waals surface area contributed by atoms with Crippen molar-refractivity contribution in [1.29, 1.82) is 0 Å². The van der Waals surface area contributed by atoms with Crippen molar-refractivity contribution < 1.29 is 0 Å². The van der Waals surface area contributed by atoms with Crippen LogP contribution in [0, 0.1) is 0 Å². The second-order valence-electron chi connectivity index (χ2n) is 4.84. The van der Waals surface area contributed by atoms with Gasteiger partial charge >= 0.3 is 0 Å². The molecule has 16 heavy (non-hydrogen) atoms. The smallest absolute Gasteiger partial charge is 0.0241 e. The SMILES string of the molecule is CC1=CC=C(C=CC2=CC=C(C)CC2)CC1. The van der Waals surface area contributed by atoms with Crippen LogP contribution in [-0.2, 0) is 0 Å². The Morgan fingerprint density at radius 2 is 1.12 bits per heavy atom. The highest BCUT2D eigenvalue weighted by Gasteiger charge is 2.02. The van der Waals surface area contributed by atoms with Gasteiger partial charge < -0.3 is 0 Å². The highest BCUT2D eigenvalue weighted by molar-refractivity contribution is 5.36. The predicted molar refractivity (Wildman–Crippen MR) is 71.3 cm³/mol. The summed E-state index contributed by atoms with van der Waals surface area (Å²) in [5, 5.41) is 0. The molecular weight excluding hydrogens is 192 g/mol. The molecule has 84 valence electrons. The second kappa shape index (κ2) is 5.16. The van der Waals surface area contributed by atoms with E-state index in [0.717, 1.165) is 0 Å². The quantitative estimate of drug-likeness (QED) is 0.612. The average Bonchev–Trinajstić information content (AvgIpc) is 2.30. The van der Waals surface area contributed by atoms with Crippen LogP contribution in [0.2, 0.25) is 0 Å². The Balaban J connectivity index is 2.00. The Hall–Kier alpha value is -1.30. The second-order valence-corrected chi connectivity index (χ2v) is 4.84. The number of hydrogen-bond donors (Lipinski definition) is 0. The molecule has 0 nitrogen and oxygen atoms in total. The molecule has 0 saturated carbocycles. The highest BCUT2D eigenvalue weighted by atomic mass is 14.1. The van der Waals surface area contributed by atoms with Crippen molar-refractivity contribution in [2.45, 2.75) is 39.5 Å². The Kier molecular flexibility index (Phi) is 3.61. The molecule has 0 aromatic rings. The Labute approximate surface area is 98.8 Å². The lowest BCUT2D eigenvalue weighted by molar-refractivity contribution is 0.917. The van der Waals surface area contributed by atoms with E-state index in [2.05, 4.69) is 50.3 Å². The number of hydrogen-bond acceptors (Lipinski definition) is 0. The first-order valence-electron chi connectivity index (χ1n) is 6.15. The molecule has 0 N–H and O–H groups in total. The molecule has 0 aliphatic heterocycles. The normalized spacial score (nSPS) is 21.4. The molecule has 0 amide bonds. The summed E-state index contributed by atoms with van der Waals surface area (Å²) in [6.07, 6.45) is 18.4. The zero-order chi connectivity index (χ0) is 11.4. The standard InChI is InChI=1S/C16H20/c1-13-3-7-15(8-4-13)11-12-16-9-5-14(2)6-10-16/h3,5,7,9,11-12H,4,6,8,10H2,1-2H3. The fourth-order valence-electron chi connectivity index (χ4n) is 2.01. The maximum atomic E-state index is 2.28. The van der Waals surface area contributed by atoms with E-state index in [1.165, 1.54) is 48.0 Å². The van der Waals surface area contributed by atoms with E-state index in [0.29, 0.717) is 0 Å². The fraction of sp³-hybridized carbons (Fsp3) is 0.375. The minimum Gasteiger partial charge on any atom is -0.0730 e. The van der Waals surface area contributed by atoms with Crippen LogP contribution in [0.5, 0.6) is 0 Å². The van der Waals surface area contributed by atoms with Gasteiger partial charge in [0.15, 0.2) is 0 Å². The van der Waals surface area contributed by atoms with Gasteiger partial charge in [-0.15, -0.1) is 0 Å². The van der Waals surface area contributed by atoms with Crippen LogP contribution in [0.1, 0.15) is 39.5 Å². The summed E-state index contributed by atoms with van der Waals surface area (Å²) >= 11 is 0. The van der Waals surface area contributed by atoms with Crippen molar-refractivity contribution >= 4 is 0 Å². The summed E-state index contributed by atoms with van der Waals surface area (Å²) < 4.78 is 0. The highest BCUT2D eigenvalue weighted by Crippen LogP contribution is 2.22. The van der Waals surface area contributed by atoms with Gasteiger partial charge in [0.2, 0.25) is 0 Å². The molecule has 0 heterocycles. The first-order chi connectivity index (χ1) is 7.74. The first-order valence-corrected chi connectivity index (χ1v) is 6.15. The fourth-order valence-corrected chi connectivity index (χ4v) is 2.01. The Bertz CT molecular complexity index is 371. The first kappa shape index (κ1) is 11.2. The predicted octanol–water partition coefficient (Wildman–Crippen LogP) is 4.88. The molecule has 0 atom stereocenters. The monoisotopic (exact) mass is 212 g/mol. The Morgan fingerprint density at radius 1 is 0.688 bits per heavy atom. The zero-order valence-electron chi connectivity index (χ0n) is 10.3. The zero-order valence-corrected chi connectivity index (χ0v) is 10.3. The summed E-state index contributed by atoms with van der Waals surface area (Å²) in [5.41, 5.74) is 5.90. The van der Waals surface area contributed by atoms with Gasteiger partial charge in [-0.05, 0) is 50.7 Å². The van der Waals surface area contributed by atoms with Crippen molar-refractivity contribution in [3.05, 3.63) is 58.7 Å². The molecule has 0 unspecified atom stereocenters. The van der Waals surface area contributed by atoms with Crippen LogP contribution in [0.15, 0.2) is 58.7 Å². The molecule has 0 fully saturated rings. The molecule has 0 aromatic heterocycles. The maximum absolute atomic E-state index is 2.28. The summed E-state index contributed by atoms with van der Waals surface area (Å²) in [4.78, 5) is 0. The summed E-state index contributed by atoms with van der Waals surface area (Å²) in [5.74, 6) is 0. The Morgan fingerprint density at radius 3 is 1.44 bits per heavy atom. The topological polar surface area (TPSA) is 0 Å². The van der Waals surface area contributed by atoms with Crippen LogP contribution in [0.25, 0.3) is 0 Å². The minimum atomic E-state index is 1.20. The van der Waals surface area contributed by atoms with Crippen LogP contribution in [0.4, 0.5) is 0 Å². The van der Waals surface area contributed by atoms with Crippen molar-refractivity contribution in [2.24, 2.45) is 0 Å². The molecule has 0 spiro atoms. The van der Waals surface area contributed by atoms with Gasteiger partial charge in [0.05, 0.1) is 0 Å². The van der Waals surface area contributed by atoms with Gasteiger partial charge in [0, 0.05) is 0 Å². The number of allylic oxidation sites excluding steroid dienone is 10. The van der Waals surface area contributed by atoms with E-state index in [-0.39, 0.29) is 0 Å². The van der Waals surface area contributed by atoms with Gasteiger partial charge in [0.25, 0.3) is 0 Å². The summed E-state index contributed by atoms with van der Waals surface area (Å²) in [7, 11) is 0. The lowest BCUT2D eigenvalue weighted by Gasteiger charge is -2.10. The van der Waals surface area contributed by atoms with E-state index in [1.54, 1.807) is 0 Å². The van der Waals surface area contributed by atoms with E-state index in [1.807, 2.05) is 0 Å². The van der Waals surface area contributed by atoms with Gasteiger partial charge in [-0.3, -0.25) is 0 Å². The van der Waals surface area contributed by atoms with Crippen LogP contribution < -0.4 is 0 Å². The third-order valence-electron chi connectivity index (χ3n) is 3.29. The van der Waals surface area contributed by atoms with Gasteiger partial charge in [-0.25, -0.2) is 0 Å². The largest absolute Gasteiger partial charge is 0.0730 e. The van der Waals surface area contributed by atoms with Crippen molar-refractivity contribution in [1.82, 2.24) is 0 Å². The molecule has 0 saturated heterocycles. The minimum absolute atomic E-state index is 1.20. The molecule has 0 heteroatoms. The van der Waals surface area contributed by atoms with Crippen molar-refractivity contribution in [2.75, 3.05) is 0 Å². The summed E-state index contributed by atoms with van der Waals surface area (Å²) in [6.45, 7) is 4.41. The van der Waals surface area contributed by atoms with Crippen molar-refractivity contribution in [3.8, 4) is 0 Å². The van der Waals surface area contributed by atoms with E-state index >= 15 is 0 Å². The third kappa shape index (κ3) is 3.10. The molecule has 0 aromatic carbocycles. The molecule has 2 aliphatic carbocycles. The summed E-state index contributed by atoms with van der Waals surface area (Å²) in [6, 6.07) is 0. The molecule has 0 radical (unpaired) electrons. The van der Waals surface area contributed by atoms with E-state index < -0.39 is 0 Å². The number of rotatable bonds is 2. The molecule has 2 aliphatic rings. The lowest BCUT2D eigenvalue weighted by atomic mass is 9.96. The van der Waals surface area contributed by atoms with Gasteiger partial charge in [-0.2, -0.15) is 0 Å². The van der Waals surface area contributed by atoms with Crippen molar-refractivity contribution in [3.63, 3.8) is 0 Å².